The Morgan fingerprint density at radius 2 is 1.70 bits per heavy atom. The second-order valence-corrected chi connectivity index (χ2v) is 19.3. The van der Waals surface area contributed by atoms with Crippen LogP contribution in [0.5, 0.6) is 5.75 Å². The maximum atomic E-state index is 13.6. The maximum absolute atomic E-state index is 13.6. The number of fused-ring (bicyclic) bond motifs is 3. The van der Waals surface area contributed by atoms with E-state index in [4.69, 9.17) is 16.3 Å². The Labute approximate surface area is 355 Å². The molecule has 2 saturated carbocycles. The van der Waals surface area contributed by atoms with Crippen molar-refractivity contribution >= 4 is 45.8 Å². The molecule has 2 aliphatic carbocycles. The number of rotatable bonds is 9. The first-order valence-electron chi connectivity index (χ1n) is 21.3. The number of carbonyl (C=O) groups excluding carboxylic acids is 3. The van der Waals surface area contributed by atoms with Crippen LogP contribution in [0, 0.1) is 28.1 Å². The Balaban J connectivity index is 0.750. The van der Waals surface area contributed by atoms with E-state index in [-0.39, 0.29) is 53.2 Å². The molecule has 12 nitrogen and oxygen atoms in total. The van der Waals surface area contributed by atoms with Gasteiger partial charge in [-0.25, -0.2) is 4.68 Å². The number of piperidine rings is 1. The number of ether oxygens (including phenoxy) is 1. The van der Waals surface area contributed by atoms with E-state index < -0.39 is 11.9 Å². The Hall–Kier alpha value is -5.25. The Morgan fingerprint density at radius 3 is 2.37 bits per heavy atom. The number of hydrogen-bond donors (Lipinski definition) is 2. The van der Waals surface area contributed by atoms with E-state index in [1.165, 1.54) is 23.1 Å². The standard InChI is InChI=1S/C47H52ClN7O5/c1-46(2)44(47(3,4)45(46)60-36-15-13-31(22-49)38(48)21-36)52-41(57)30-11-9-29(10-12-30)28-7-5-27(6-8-28)24-53-25-35-20-34(53)26-54(35)33-14-16-37-32(19-33)23-50-55(43(37)59)39-17-18-40(56)51-42(39)58/h9-16,19,21,23,27-28,34-35,39,44-45H,5-8,17-18,20,24-26H2,1-4H3,(H,52,57)(H,51,56,58). The van der Waals surface area contributed by atoms with E-state index in [9.17, 15) is 24.4 Å². The van der Waals surface area contributed by atoms with Crippen LogP contribution >= 0.6 is 11.6 Å². The molecule has 3 unspecified atom stereocenters. The molecule has 4 heterocycles. The molecule has 5 fully saturated rings. The lowest BCUT2D eigenvalue weighted by atomic mass is 9.49. The molecular weight excluding hydrogens is 778 g/mol. The average molecular weight is 830 g/mol. The average Bonchev–Trinajstić information content (AvgIpc) is 3.84. The fraction of sp³-hybridized carbons (Fsp3) is 0.489. The number of nitrogens with zero attached hydrogens (tertiary/aromatic N) is 5. The first-order chi connectivity index (χ1) is 28.7. The third kappa shape index (κ3) is 7.13. The quantitative estimate of drug-likeness (QED) is 0.175. The number of imide groups is 1. The van der Waals surface area contributed by atoms with Gasteiger partial charge in [0.1, 0.15) is 24.0 Å². The number of likely N-dealkylation sites (tertiary alicyclic amines) is 1. The monoisotopic (exact) mass is 829 g/mol. The number of amides is 3. The Morgan fingerprint density at radius 1 is 0.950 bits per heavy atom. The topological polar surface area (TPSA) is 150 Å². The highest BCUT2D eigenvalue weighted by Gasteiger charge is 2.64. The zero-order valence-electron chi connectivity index (χ0n) is 34.6. The van der Waals surface area contributed by atoms with Crippen LogP contribution in [0.1, 0.15) is 106 Å². The summed E-state index contributed by atoms with van der Waals surface area (Å²) in [5.41, 5.74) is 2.49. The first-order valence-corrected chi connectivity index (χ1v) is 21.7. The molecule has 3 amide bonds. The van der Waals surface area contributed by atoms with Crippen LogP contribution in [0.15, 0.2) is 71.7 Å². The molecule has 0 spiro atoms. The number of benzene rings is 3. The zero-order valence-corrected chi connectivity index (χ0v) is 35.4. The zero-order chi connectivity index (χ0) is 42.1. The van der Waals surface area contributed by atoms with Crippen LogP contribution in [0.4, 0.5) is 5.69 Å². The highest BCUT2D eigenvalue weighted by atomic mass is 35.5. The molecule has 3 atom stereocenters. The maximum Gasteiger partial charge on any atom is 0.275 e. The fourth-order valence-corrected chi connectivity index (χ4v) is 11.7. The largest absolute Gasteiger partial charge is 0.489 e. The number of anilines is 1. The van der Waals surface area contributed by atoms with Crippen LogP contribution in [0.3, 0.4) is 0 Å². The molecule has 2 bridgehead atoms. The fourth-order valence-electron chi connectivity index (χ4n) is 11.5. The minimum absolute atomic E-state index is 0.0799. The number of piperazine rings is 1. The molecule has 312 valence electrons. The molecule has 3 saturated heterocycles. The summed E-state index contributed by atoms with van der Waals surface area (Å²) in [6.45, 7) is 11.6. The van der Waals surface area contributed by atoms with Crippen molar-refractivity contribution in [1.82, 2.24) is 25.3 Å². The molecule has 60 heavy (non-hydrogen) atoms. The molecule has 4 aromatic rings. The van der Waals surface area contributed by atoms with Crippen molar-refractivity contribution in [2.45, 2.75) is 109 Å². The van der Waals surface area contributed by atoms with Gasteiger partial charge in [-0.05, 0) is 98.4 Å². The molecule has 3 aliphatic heterocycles. The van der Waals surface area contributed by atoms with Crippen molar-refractivity contribution in [3.8, 4) is 11.8 Å². The number of nitrogens with one attached hydrogen (secondary N) is 2. The molecule has 9 rings (SSSR count). The van der Waals surface area contributed by atoms with Crippen LogP contribution in [-0.2, 0) is 9.59 Å². The van der Waals surface area contributed by atoms with Crippen LogP contribution in [0.2, 0.25) is 5.02 Å². The van der Waals surface area contributed by atoms with Gasteiger partial charge in [-0.3, -0.25) is 29.4 Å². The lowest BCUT2D eigenvalue weighted by Crippen LogP contribution is -2.74. The number of hydrogen-bond acceptors (Lipinski definition) is 9. The summed E-state index contributed by atoms with van der Waals surface area (Å²) in [6, 6.07) is 21.4. The third-order valence-electron chi connectivity index (χ3n) is 14.4. The summed E-state index contributed by atoms with van der Waals surface area (Å²) in [7, 11) is 0. The van der Waals surface area contributed by atoms with E-state index >= 15 is 0 Å². The second kappa shape index (κ2) is 15.3. The number of halogens is 1. The minimum Gasteiger partial charge on any atom is -0.489 e. The molecule has 3 aromatic carbocycles. The van der Waals surface area contributed by atoms with Gasteiger partial charge in [0.2, 0.25) is 5.91 Å². The SMILES string of the molecule is CC1(C)C(NC(=O)c2ccc(C3CCC(CN4CC5CC4CN5c4ccc5c(=O)n(C6CCC(=O)NC6=O)ncc5c4)CC3)cc2)C(C)(C)C1Oc1ccc(C#N)c(Cl)c1. The van der Waals surface area contributed by atoms with Crippen molar-refractivity contribution in [3.63, 3.8) is 0 Å². The van der Waals surface area contributed by atoms with Crippen molar-refractivity contribution in [2.75, 3.05) is 24.5 Å². The molecule has 0 radical (unpaired) electrons. The van der Waals surface area contributed by atoms with E-state index in [2.05, 4.69) is 71.4 Å². The molecule has 5 aliphatic rings. The van der Waals surface area contributed by atoms with Gasteiger partial charge < -0.3 is 15.0 Å². The lowest BCUT2D eigenvalue weighted by molar-refractivity contribution is -0.164. The summed E-state index contributed by atoms with van der Waals surface area (Å²) >= 11 is 6.27. The molecule has 2 N–H and O–H groups in total. The normalized spacial score (nSPS) is 28.2. The van der Waals surface area contributed by atoms with Crippen molar-refractivity contribution in [1.29, 1.82) is 5.26 Å². The van der Waals surface area contributed by atoms with E-state index in [0.29, 0.717) is 51.2 Å². The van der Waals surface area contributed by atoms with Gasteiger partial charge in [-0.1, -0.05) is 51.4 Å². The van der Waals surface area contributed by atoms with E-state index in [1.807, 2.05) is 30.3 Å². The van der Waals surface area contributed by atoms with Crippen LogP contribution in [-0.4, -0.2) is 76.3 Å². The molecule has 1 aromatic heterocycles. The first kappa shape index (κ1) is 40.2. The molecular formula is C47H52ClN7O5. The van der Waals surface area contributed by atoms with Gasteiger partial charge in [0, 0.05) is 77.7 Å². The number of aromatic nitrogens is 2. The van der Waals surface area contributed by atoms with E-state index in [0.717, 1.165) is 50.0 Å². The second-order valence-electron chi connectivity index (χ2n) is 18.9. The third-order valence-corrected chi connectivity index (χ3v) is 14.7. The predicted octanol–water partition coefficient (Wildman–Crippen LogP) is 6.75. The van der Waals surface area contributed by atoms with Crippen molar-refractivity contribution in [3.05, 3.63) is 98.9 Å². The minimum atomic E-state index is -0.776. The predicted molar refractivity (Wildman–Crippen MR) is 229 cm³/mol. The Bertz CT molecular complexity index is 2450. The van der Waals surface area contributed by atoms with Crippen molar-refractivity contribution < 1.29 is 19.1 Å². The van der Waals surface area contributed by atoms with Gasteiger partial charge in [0.05, 0.1) is 22.2 Å². The van der Waals surface area contributed by atoms with Gasteiger partial charge in [-0.2, -0.15) is 10.4 Å². The van der Waals surface area contributed by atoms with Gasteiger partial charge >= 0.3 is 0 Å². The van der Waals surface area contributed by atoms with Crippen LogP contribution < -0.4 is 25.8 Å². The summed E-state index contributed by atoms with van der Waals surface area (Å²) in [4.78, 5) is 56.1. The summed E-state index contributed by atoms with van der Waals surface area (Å²) < 4.78 is 7.62. The van der Waals surface area contributed by atoms with Crippen molar-refractivity contribution in [2.24, 2.45) is 16.7 Å². The van der Waals surface area contributed by atoms with Gasteiger partial charge in [0.15, 0.2) is 0 Å². The van der Waals surface area contributed by atoms with Gasteiger partial charge in [-0.15, -0.1) is 0 Å². The van der Waals surface area contributed by atoms with Crippen LogP contribution in [0.25, 0.3) is 10.8 Å². The summed E-state index contributed by atoms with van der Waals surface area (Å²) in [5.74, 6) is 0.901. The lowest BCUT2D eigenvalue weighted by Gasteiger charge is -2.63. The smallest absolute Gasteiger partial charge is 0.275 e. The van der Waals surface area contributed by atoms with E-state index in [1.54, 1.807) is 24.4 Å². The highest BCUT2D eigenvalue weighted by Crippen LogP contribution is 2.55. The highest BCUT2D eigenvalue weighted by molar-refractivity contribution is 6.31. The molecule has 13 heteroatoms. The van der Waals surface area contributed by atoms with Gasteiger partial charge in [0.25, 0.3) is 17.4 Å². The Kier molecular flexibility index (Phi) is 10.3. The summed E-state index contributed by atoms with van der Waals surface area (Å²) in [5, 5.41) is 20.9. The number of nitriles is 1. The summed E-state index contributed by atoms with van der Waals surface area (Å²) in [6.07, 6.45) is 7.79. The number of carbonyl (C=O) groups is 3.